The van der Waals surface area contributed by atoms with E-state index in [-0.39, 0.29) is 5.92 Å². The predicted octanol–water partition coefficient (Wildman–Crippen LogP) is 2.54. The molecule has 3 rings (SSSR count). The van der Waals surface area contributed by atoms with Crippen LogP contribution in [0.3, 0.4) is 0 Å². The van der Waals surface area contributed by atoms with Gasteiger partial charge in [-0.3, -0.25) is 9.89 Å². The van der Waals surface area contributed by atoms with Crippen LogP contribution < -0.4 is 14.8 Å². The standard InChI is InChI=1S/C23H36N6O3/c1-6-24-23(25-10-9-21-26-22(17(2)3)27-32-21)29-13-11-28(12-14-29)16-18-7-8-19(30-4)20(15-18)31-5/h7-8,15,17H,6,9-14,16H2,1-5H3,(H,24,25). The number of methoxy groups -OCH3 is 2. The van der Waals surface area contributed by atoms with Gasteiger partial charge in [0.15, 0.2) is 23.3 Å². The summed E-state index contributed by atoms with van der Waals surface area (Å²) in [4.78, 5) is 14.0. The maximum atomic E-state index is 5.43. The van der Waals surface area contributed by atoms with Crippen LogP contribution in [-0.4, -0.2) is 79.4 Å². The van der Waals surface area contributed by atoms with E-state index in [2.05, 4.69) is 58.2 Å². The second-order valence-electron chi connectivity index (χ2n) is 8.14. The molecule has 9 heteroatoms. The molecule has 0 amide bonds. The topological polar surface area (TPSA) is 88.2 Å². The molecule has 1 aliphatic heterocycles. The summed E-state index contributed by atoms with van der Waals surface area (Å²) >= 11 is 0. The Labute approximate surface area is 190 Å². The van der Waals surface area contributed by atoms with Crippen molar-refractivity contribution in [1.29, 1.82) is 0 Å². The molecule has 0 aliphatic carbocycles. The van der Waals surface area contributed by atoms with E-state index < -0.39 is 0 Å². The first kappa shape index (κ1) is 23.8. The van der Waals surface area contributed by atoms with Gasteiger partial charge in [-0.15, -0.1) is 0 Å². The molecule has 0 radical (unpaired) electrons. The van der Waals surface area contributed by atoms with Gasteiger partial charge in [0.2, 0.25) is 5.89 Å². The highest BCUT2D eigenvalue weighted by atomic mass is 16.5. The molecule has 2 aromatic rings. The van der Waals surface area contributed by atoms with E-state index in [1.807, 2.05) is 6.07 Å². The Kier molecular flexibility index (Phi) is 8.72. The monoisotopic (exact) mass is 444 g/mol. The molecule has 1 aliphatic rings. The fourth-order valence-corrected chi connectivity index (χ4v) is 3.64. The molecule has 0 spiro atoms. The van der Waals surface area contributed by atoms with Crippen molar-refractivity contribution in [2.45, 2.75) is 39.7 Å². The number of rotatable bonds is 9. The lowest BCUT2D eigenvalue weighted by molar-refractivity contribution is 0.172. The Morgan fingerprint density at radius 1 is 1.16 bits per heavy atom. The minimum absolute atomic E-state index is 0.267. The summed E-state index contributed by atoms with van der Waals surface area (Å²) in [6.07, 6.45) is 0.647. The first-order valence-corrected chi connectivity index (χ1v) is 11.3. The molecule has 1 aromatic carbocycles. The number of piperazine rings is 1. The molecule has 1 saturated heterocycles. The second kappa shape index (κ2) is 11.7. The molecule has 0 unspecified atom stereocenters. The van der Waals surface area contributed by atoms with Gasteiger partial charge >= 0.3 is 0 Å². The number of nitrogens with one attached hydrogen (secondary N) is 1. The van der Waals surface area contributed by atoms with Crippen LogP contribution in [0.15, 0.2) is 27.7 Å². The van der Waals surface area contributed by atoms with Crippen LogP contribution in [0.1, 0.15) is 44.0 Å². The quantitative estimate of drug-likeness (QED) is 0.466. The molecule has 9 nitrogen and oxygen atoms in total. The highest BCUT2D eigenvalue weighted by molar-refractivity contribution is 5.80. The number of hydrogen-bond donors (Lipinski definition) is 1. The summed E-state index contributed by atoms with van der Waals surface area (Å²) in [5.41, 5.74) is 1.22. The van der Waals surface area contributed by atoms with E-state index in [4.69, 9.17) is 19.0 Å². The Bertz CT molecular complexity index is 874. The van der Waals surface area contributed by atoms with Crippen LogP contribution in [-0.2, 0) is 13.0 Å². The maximum Gasteiger partial charge on any atom is 0.228 e. The molecule has 1 aromatic heterocycles. The zero-order chi connectivity index (χ0) is 22.9. The Balaban J connectivity index is 1.52. The summed E-state index contributed by atoms with van der Waals surface area (Å²) in [5, 5.41) is 7.44. The maximum absolute atomic E-state index is 5.43. The van der Waals surface area contributed by atoms with Gasteiger partial charge in [0.25, 0.3) is 0 Å². The average molecular weight is 445 g/mol. The summed E-state index contributed by atoms with van der Waals surface area (Å²) in [5.74, 6) is 4.14. The molecule has 2 heterocycles. The summed E-state index contributed by atoms with van der Waals surface area (Å²) < 4.78 is 16.1. The number of ether oxygens (including phenoxy) is 2. The third-order valence-electron chi connectivity index (χ3n) is 5.45. The Hall–Kier alpha value is -2.81. The lowest BCUT2D eigenvalue weighted by Gasteiger charge is -2.36. The van der Waals surface area contributed by atoms with Gasteiger partial charge in [0.05, 0.1) is 20.8 Å². The minimum atomic E-state index is 0.267. The van der Waals surface area contributed by atoms with Crippen molar-refractivity contribution in [1.82, 2.24) is 25.3 Å². The third kappa shape index (κ3) is 6.35. The number of hydrogen-bond acceptors (Lipinski definition) is 7. The molecular formula is C23H36N6O3. The van der Waals surface area contributed by atoms with Gasteiger partial charge in [-0.2, -0.15) is 4.98 Å². The van der Waals surface area contributed by atoms with Crippen molar-refractivity contribution >= 4 is 5.96 Å². The summed E-state index contributed by atoms with van der Waals surface area (Å²) in [7, 11) is 3.33. The number of guanidine groups is 1. The number of benzene rings is 1. The molecule has 0 atom stereocenters. The molecule has 1 fully saturated rings. The number of aromatic nitrogens is 2. The van der Waals surface area contributed by atoms with Crippen LogP contribution in [0.4, 0.5) is 0 Å². The fraction of sp³-hybridized carbons (Fsp3) is 0.609. The van der Waals surface area contributed by atoms with Crippen LogP contribution in [0.2, 0.25) is 0 Å². The van der Waals surface area contributed by atoms with Gasteiger partial charge in [0.1, 0.15) is 0 Å². The van der Waals surface area contributed by atoms with E-state index in [0.717, 1.165) is 62.6 Å². The summed E-state index contributed by atoms with van der Waals surface area (Å²) in [6, 6.07) is 6.12. The SMILES string of the molecule is CCNC(=NCCc1nc(C(C)C)no1)N1CCN(Cc2ccc(OC)c(OC)c2)CC1. The zero-order valence-corrected chi connectivity index (χ0v) is 19.9. The smallest absolute Gasteiger partial charge is 0.228 e. The number of aliphatic imine (C=N–C) groups is 1. The normalized spacial score (nSPS) is 15.3. The van der Waals surface area contributed by atoms with Gasteiger partial charge in [-0.25, -0.2) is 0 Å². The molecule has 176 valence electrons. The zero-order valence-electron chi connectivity index (χ0n) is 19.9. The molecule has 1 N–H and O–H groups in total. The second-order valence-corrected chi connectivity index (χ2v) is 8.14. The van der Waals surface area contributed by atoms with E-state index in [1.54, 1.807) is 14.2 Å². The van der Waals surface area contributed by atoms with Crippen molar-refractivity contribution in [3.05, 3.63) is 35.5 Å². The van der Waals surface area contributed by atoms with Crippen LogP contribution in [0, 0.1) is 0 Å². The molecule has 0 bridgehead atoms. The highest BCUT2D eigenvalue weighted by Gasteiger charge is 2.20. The van der Waals surface area contributed by atoms with Crippen LogP contribution in [0.25, 0.3) is 0 Å². The Morgan fingerprint density at radius 2 is 1.91 bits per heavy atom. The van der Waals surface area contributed by atoms with Crippen molar-refractivity contribution in [3.8, 4) is 11.5 Å². The molecule has 32 heavy (non-hydrogen) atoms. The Morgan fingerprint density at radius 3 is 2.53 bits per heavy atom. The van der Waals surface area contributed by atoms with Crippen LogP contribution >= 0.6 is 0 Å². The highest BCUT2D eigenvalue weighted by Crippen LogP contribution is 2.28. The molecular weight excluding hydrogens is 408 g/mol. The van der Waals surface area contributed by atoms with Crippen LogP contribution in [0.5, 0.6) is 11.5 Å². The third-order valence-corrected chi connectivity index (χ3v) is 5.45. The molecule has 0 saturated carbocycles. The van der Waals surface area contributed by atoms with Crippen molar-refractivity contribution in [2.75, 3.05) is 53.5 Å². The van der Waals surface area contributed by atoms with Gasteiger partial charge in [-0.1, -0.05) is 25.1 Å². The summed E-state index contributed by atoms with van der Waals surface area (Å²) in [6.45, 7) is 12.3. The van der Waals surface area contributed by atoms with Crippen molar-refractivity contribution < 1.29 is 14.0 Å². The van der Waals surface area contributed by atoms with Crippen molar-refractivity contribution in [3.63, 3.8) is 0 Å². The first-order chi connectivity index (χ1) is 15.5. The largest absolute Gasteiger partial charge is 0.493 e. The van der Waals surface area contributed by atoms with Gasteiger partial charge in [-0.05, 0) is 24.6 Å². The average Bonchev–Trinajstić information content (AvgIpc) is 3.28. The predicted molar refractivity (Wildman–Crippen MR) is 124 cm³/mol. The van der Waals surface area contributed by atoms with E-state index in [1.165, 1.54) is 5.56 Å². The van der Waals surface area contributed by atoms with Gasteiger partial charge < -0.3 is 24.2 Å². The lowest BCUT2D eigenvalue weighted by Crippen LogP contribution is -2.52. The fourth-order valence-electron chi connectivity index (χ4n) is 3.64. The lowest BCUT2D eigenvalue weighted by atomic mass is 10.1. The van der Waals surface area contributed by atoms with E-state index in [0.29, 0.717) is 18.9 Å². The van der Waals surface area contributed by atoms with E-state index in [9.17, 15) is 0 Å². The van der Waals surface area contributed by atoms with Crippen molar-refractivity contribution in [2.24, 2.45) is 4.99 Å². The minimum Gasteiger partial charge on any atom is -0.493 e. The van der Waals surface area contributed by atoms with E-state index >= 15 is 0 Å². The number of nitrogens with zero attached hydrogens (tertiary/aromatic N) is 5. The van der Waals surface area contributed by atoms with Gasteiger partial charge in [0, 0.05) is 51.6 Å². The first-order valence-electron chi connectivity index (χ1n) is 11.3.